The predicted molar refractivity (Wildman–Crippen MR) is 69.7 cm³/mol. The molecular formula is C15H18F5N. The van der Waals surface area contributed by atoms with Gasteiger partial charge in [0.2, 0.25) is 0 Å². The SMILES string of the molecule is CNC(c1cccc(F)c1F)C1CCCCC1C(F)(F)F. The molecule has 1 fully saturated rings. The summed E-state index contributed by atoms with van der Waals surface area (Å²) in [6.07, 6.45) is -2.73. The predicted octanol–water partition coefficient (Wildman–Crippen LogP) is 4.59. The molecule has 1 N–H and O–H groups in total. The lowest BCUT2D eigenvalue weighted by molar-refractivity contribution is -0.199. The van der Waals surface area contributed by atoms with Gasteiger partial charge in [0.15, 0.2) is 11.6 Å². The first kappa shape index (κ1) is 16.2. The largest absolute Gasteiger partial charge is 0.392 e. The zero-order chi connectivity index (χ0) is 15.6. The van der Waals surface area contributed by atoms with E-state index >= 15 is 0 Å². The second kappa shape index (κ2) is 6.30. The summed E-state index contributed by atoms with van der Waals surface area (Å²) in [5.74, 6) is -4.36. The van der Waals surface area contributed by atoms with Gasteiger partial charge in [0, 0.05) is 11.6 Å². The second-order valence-electron chi connectivity index (χ2n) is 5.51. The molecule has 1 aliphatic rings. The van der Waals surface area contributed by atoms with Gasteiger partial charge in [-0.2, -0.15) is 13.2 Å². The fourth-order valence-corrected chi connectivity index (χ4v) is 3.33. The highest BCUT2D eigenvalue weighted by Gasteiger charge is 2.48. The Hall–Kier alpha value is -1.17. The van der Waals surface area contributed by atoms with Gasteiger partial charge in [-0.15, -0.1) is 0 Å². The van der Waals surface area contributed by atoms with E-state index < -0.39 is 35.7 Å². The van der Waals surface area contributed by atoms with Gasteiger partial charge < -0.3 is 5.32 Å². The van der Waals surface area contributed by atoms with Crippen molar-refractivity contribution in [3.05, 3.63) is 35.4 Å². The maximum Gasteiger partial charge on any atom is 0.392 e. The standard InChI is InChI=1S/C15H18F5N/c1-21-14(10-6-4-8-12(16)13(10)17)9-5-2-3-7-11(9)15(18,19)20/h4,6,8-9,11,14,21H,2-3,5,7H2,1H3. The molecule has 1 aliphatic carbocycles. The Balaban J connectivity index is 2.36. The summed E-state index contributed by atoms with van der Waals surface area (Å²) >= 11 is 0. The Bertz CT molecular complexity index is 485. The van der Waals surface area contributed by atoms with E-state index in [0.29, 0.717) is 19.3 Å². The normalized spacial score (nSPS) is 24.9. The maximum absolute atomic E-state index is 13.9. The van der Waals surface area contributed by atoms with Crippen molar-refractivity contribution in [2.24, 2.45) is 11.8 Å². The summed E-state index contributed by atoms with van der Waals surface area (Å²) in [5, 5.41) is 2.75. The van der Waals surface area contributed by atoms with Crippen molar-refractivity contribution >= 4 is 0 Å². The number of hydrogen-bond donors (Lipinski definition) is 1. The Morgan fingerprint density at radius 2 is 1.81 bits per heavy atom. The molecule has 0 heterocycles. The van der Waals surface area contributed by atoms with E-state index in [0.717, 1.165) is 6.07 Å². The van der Waals surface area contributed by atoms with Crippen molar-refractivity contribution < 1.29 is 22.0 Å². The van der Waals surface area contributed by atoms with Crippen LogP contribution in [0.2, 0.25) is 0 Å². The molecule has 0 spiro atoms. The van der Waals surface area contributed by atoms with Crippen LogP contribution in [0.3, 0.4) is 0 Å². The first-order chi connectivity index (χ1) is 9.86. The number of hydrogen-bond acceptors (Lipinski definition) is 1. The summed E-state index contributed by atoms with van der Waals surface area (Å²) in [5.41, 5.74) is -0.0290. The third-order valence-corrected chi connectivity index (χ3v) is 4.30. The fraction of sp³-hybridized carbons (Fsp3) is 0.600. The van der Waals surface area contributed by atoms with E-state index in [1.54, 1.807) is 0 Å². The van der Waals surface area contributed by atoms with Crippen LogP contribution in [0, 0.1) is 23.5 Å². The first-order valence-corrected chi connectivity index (χ1v) is 7.04. The van der Waals surface area contributed by atoms with Gasteiger partial charge in [-0.05, 0) is 31.9 Å². The molecule has 1 nitrogen and oxygen atoms in total. The smallest absolute Gasteiger partial charge is 0.313 e. The van der Waals surface area contributed by atoms with Crippen LogP contribution in [-0.4, -0.2) is 13.2 Å². The van der Waals surface area contributed by atoms with Crippen LogP contribution in [-0.2, 0) is 0 Å². The molecule has 0 aliphatic heterocycles. The highest BCUT2D eigenvalue weighted by Crippen LogP contribution is 2.46. The van der Waals surface area contributed by atoms with Crippen LogP contribution in [0.15, 0.2) is 18.2 Å². The molecule has 0 amide bonds. The Labute approximate surface area is 120 Å². The van der Waals surface area contributed by atoms with Gasteiger partial charge in [0.25, 0.3) is 0 Å². The van der Waals surface area contributed by atoms with E-state index in [4.69, 9.17) is 0 Å². The van der Waals surface area contributed by atoms with Gasteiger partial charge in [0.05, 0.1) is 5.92 Å². The molecule has 21 heavy (non-hydrogen) atoms. The Morgan fingerprint density at radius 3 is 2.43 bits per heavy atom. The van der Waals surface area contributed by atoms with Crippen molar-refractivity contribution in [1.29, 1.82) is 0 Å². The quantitative estimate of drug-likeness (QED) is 0.805. The zero-order valence-corrected chi connectivity index (χ0v) is 11.7. The molecule has 0 aromatic heterocycles. The lowest BCUT2D eigenvalue weighted by Crippen LogP contribution is -2.40. The van der Waals surface area contributed by atoms with Gasteiger partial charge in [0.1, 0.15) is 0 Å². The molecule has 3 atom stereocenters. The lowest BCUT2D eigenvalue weighted by atomic mass is 9.73. The van der Waals surface area contributed by atoms with E-state index in [9.17, 15) is 22.0 Å². The van der Waals surface area contributed by atoms with Crippen LogP contribution in [0.1, 0.15) is 37.3 Å². The van der Waals surface area contributed by atoms with Crippen molar-refractivity contribution in [2.45, 2.75) is 37.9 Å². The van der Waals surface area contributed by atoms with E-state index in [2.05, 4.69) is 5.32 Å². The summed E-state index contributed by atoms with van der Waals surface area (Å²) in [7, 11) is 1.48. The van der Waals surface area contributed by atoms with Crippen molar-refractivity contribution in [3.63, 3.8) is 0 Å². The van der Waals surface area contributed by atoms with E-state index in [-0.39, 0.29) is 12.0 Å². The Kier molecular flexibility index (Phi) is 4.86. The topological polar surface area (TPSA) is 12.0 Å². The molecule has 0 bridgehead atoms. The van der Waals surface area contributed by atoms with Gasteiger partial charge in [-0.3, -0.25) is 0 Å². The number of benzene rings is 1. The van der Waals surface area contributed by atoms with Crippen LogP contribution in [0.4, 0.5) is 22.0 Å². The van der Waals surface area contributed by atoms with Gasteiger partial charge >= 0.3 is 6.18 Å². The molecule has 118 valence electrons. The van der Waals surface area contributed by atoms with Crippen LogP contribution >= 0.6 is 0 Å². The van der Waals surface area contributed by atoms with Crippen LogP contribution in [0.25, 0.3) is 0 Å². The van der Waals surface area contributed by atoms with E-state index in [1.165, 1.54) is 19.2 Å². The monoisotopic (exact) mass is 307 g/mol. The summed E-state index contributed by atoms with van der Waals surface area (Å²) < 4.78 is 66.8. The van der Waals surface area contributed by atoms with Crippen molar-refractivity contribution in [1.82, 2.24) is 5.32 Å². The lowest BCUT2D eigenvalue weighted by Gasteiger charge is -2.38. The number of alkyl halides is 3. The molecule has 0 radical (unpaired) electrons. The van der Waals surface area contributed by atoms with Crippen molar-refractivity contribution in [3.8, 4) is 0 Å². The van der Waals surface area contributed by atoms with Crippen LogP contribution < -0.4 is 5.32 Å². The minimum absolute atomic E-state index is 0.0290. The van der Waals surface area contributed by atoms with Crippen molar-refractivity contribution in [2.75, 3.05) is 7.05 Å². The number of halogens is 5. The molecule has 3 unspecified atom stereocenters. The Morgan fingerprint density at radius 1 is 1.14 bits per heavy atom. The third-order valence-electron chi connectivity index (χ3n) is 4.30. The molecule has 0 saturated heterocycles. The average Bonchev–Trinajstić information content (AvgIpc) is 2.44. The second-order valence-corrected chi connectivity index (χ2v) is 5.51. The average molecular weight is 307 g/mol. The first-order valence-electron chi connectivity index (χ1n) is 7.04. The summed E-state index contributed by atoms with van der Waals surface area (Å²) in [6.45, 7) is 0. The molecular weight excluding hydrogens is 289 g/mol. The van der Waals surface area contributed by atoms with Crippen LogP contribution in [0.5, 0.6) is 0 Å². The molecule has 1 aromatic rings. The highest BCUT2D eigenvalue weighted by atomic mass is 19.4. The van der Waals surface area contributed by atoms with Gasteiger partial charge in [-0.25, -0.2) is 8.78 Å². The highest BCUT2D eigenvalue weighted by molar-refractivity contribution is 5.23. The minimum Gasteiger partial charge on any atom is -0.313 e. The number of rotatable bonds is 3. The minimum atomic E-state index is -4.32. The summed E-state index contributed by atoms with van der Waals surface area (Å²) in [4.78, 5) is 0. The van der Waals surface area contributed by atoms with E-state index in [1.807, 2.05) is 0 Å². The number of nitrogens with one attached hydrogen (secondary N) is 1. The van der Waals surface area contributed by atoms with Gasteiger partial charge in [-0.1, -0.05) is 25.0 Å². The fourth-order valence-electron chi connectivity index (χ4n) is 3.33. The molecule has 1 saturated carbocycles. The zero-order valence-electron chi connectivity index (χ0n) is 11.7. The molecule has 6 heteroatoms. The molecule has 1 aromatic carbocycles. The molecule has 2 rings (SSSR count). The maximum atomic E-state index is 13.9. The summed E-state index contributed by atoms with van der Waals surface area (Å²) in [6, 6.07) is 2.80. The third kappa shape index (κ3) is 3.36.